The highest BCUT2D eigenvalue weighted by Crippen LogP contribution is 2.18. The third kappa shape index (κ3) is 3.88. The van der Waals surface area contributed by atoms with Crippen molar-refractivity contribution in [3.8, 4) is 0 Å². The van der Waals surface area contributed by atoms with Crippen molar-refractivity contribution in [1.82, 2.24) is 15.0 Å². The first kappa shape index (κ1) is 13.7. The molecule has 2 rings (SSSR count). The van der Waals surface area contributed by atoms with Gasteiger partial charge in [-0.25, -0.2) is 0 Å². The Bertz CT molecular complexity index is 384. The SMILES string of the molecule is CSCCNc1nc(Cl)nc(N2CCCCC2)n1. The molecule has 0 saturated carbocycles. The molecule has 0 aromatic carbocycles. The second-order valence-electron chi connectivity index (χ2n) is 4.20. The van der Waals surface area contributed by atoms with Crippen LogP contribution in [0.4, 0.5) is 11.9 Å². The molecule has 0 unspecified atom stereocenters. The molecule has 18 heavy (non-hydrogen) atoms. The highest BCUT2D eigenvalue weighted by atomic mass is 35.5. The van der Waals surface area contributed by atoms with Gasteiger partial charge >= 0.3 is 0 Å². The van der Waals surface area contributed by atoms with Gasteiger partial charge in [0, 0.05) is 25.4 Å². The first-order valence-corrected chi connectivity index (χ1v) is 7.96. The Kier molecular flexibility index (Phi) is 5.31. The fourth-order valence-electron chi connectivity index (χ4n) is 1.92. The van der Waals surface area contributed by atoms with Gasteiger partial charge in [-0.1, -0.05) is 0 Å². The minimum absolute atomic E-state index is 0.261. The van der Waals surface area contributed by atoms with Crippen molar-refractivity contribution >= 4 is 35.3 Å². The number of hydrogen-bond acceptors (Lipinski definition) is 6. The molecular weight excluding hydrogens is 270 g/mol. The van der Waals surface area contributed by atoms with Gasteiger partial charge in [-0.05, 0) is 37.1 Å². The fraction of sp³-hybridized carbons (Fsp3) is 0.727. The number of halogens is 1. The molecule has 1 aromatic rings. The van der Waals surface area contributed by atoms with E-state index in [0.29, 0.717) is 11.9 Å². The van der Waals surface area contributed by atoms with Crippen molar-refractivity contribution in [2.75, 3.05) is 41.9 Å². The molecule has 0 aliphatic carbocycles. The number of piperidine rings is 1. The number of rotatable bonds is 5. The van der Waals surface area contributed by atoms with Gasteiger partial charge in [0.15, 0.2) is 0 Å². The van der Waals surface area contributed by atoms with Crippen LogP contribution in [0.2, 0.25) is 5.28 Å². The molecule has 0 amide bonds. The highest BCUT2D eigenvalue weighted by molar-refractivity contribution is 7.98. The zero-order chi connectivity index (χ0) is 12.8. The van der Waals surface area contributed by atoms with Crippen molar-refractivity contribution < 1.29 is 0 Å². The minimum Gasteiger partial charge on any atom is -0.353 e. The third-order valence-corrected chi connectivity index (χ3v) is 3.61. The van der Waals surface area contributed by atoms with E-state index in [4.69, 9.17) is 11.6 Å². The number of anilines is 2. The van der Waals surface area contributed by atoms with Crippen molar-refractivity contribution in [2.45, 2.75) is 19.3 Å². The Morgan fingerprint density at radius 1 is 1.22 bits per heavy atom. The summed E-state index contributed by atoms with van der Waals surface area (Å²) < 4.78 is 0. The number of thioether (sulfide) groups is 1. The summed E-state index contributed by atoms with van der Waals surface area (Å²) in [4.78, 5) is 14.9. The Labute approximate surface area is 117 Å². The lowest BCUT2D eigenvalue weighted by molar-refractivity contribution is 0.567. The Balaban J connectivity index is 2.05. The zero-order valence-electron chi connectivity index (χ0n) is 10.5. The molecule has 2 heterocycles. The van der Waals surface area contributed by atoms with Crippen LogP contribution in [-0.4, -0.2) is 46.6 Å². The van der Waals surface area contributed by atoms with Gasteiger partial charge in [-0.2, -0.15) is 26.7 Å². The van der Waals surface area contributed by atoms with Gasteiger partial charge in [0.2, 0.25) is 17.2 Å². The van der Waals surface area contributed by atoms with Gasteiger partial charge < -0.3 is 10.2 Å². The van der Waals surface area contributed by atoms with Crippen LogP contribution in [0.25, 0.3) is 0 Å². The van der Waals surface area contributed by atoms with E-state index < -0.39 is 0 Å². The van der Waals surface area contributed by atoms with Gasteiger partial charge in [-0.3, -0.25) is 0 Å². The fourth-order valence-corrected chi connectivity index (χ4v) is 2.38. The van der Waals surface area contributed by atoms with E-state index in [1.807, 2.05) is 0 Å². The van der Waals surface area contributed by atoms with Crippen molar-refractivity contribution in [3.63, 3.8) is 0 Å². The summed E-state index contributed by atoms with van der Waals surface area (Å²) in [5.74, 6) is 2.29. The maximum atomic E-state index is 5.95. The van der Waals surface area contributed by atoms with Crippen LogP contribution in [0.15, 0.2) is 0 Å². The topological polar surface area (TPSA) is 53.9 Å². The van der Waals surface area contributed by atoms with Gasteiger partial charge in [-0.15, -0.1) is 0 Å². The summed E-state index contributed by atoms with van der Waals surface area (Å²) in [5.41, 5.74) is 0. The predicted molar refractivity (Wildman–Crippen MR) is 77.8 cm³/mol. The highest BCUT2D eigenvalue weighted by Gasteiger charge is 2.15. The standard InChI is InChI=1S/C11H18ClN5S/c1-18-8-5-13-10-14-9(12)15-11(16-10)17-6-3-2-4-7-17/h2-8H2,1H3,(H,13,14,15,16). The molecule has 7 heteroatoms. The molecule has 1 aliphatic heterocycles. The molecule has 1 aliphatic rings. The largest absolute Gasteiger partial charge is 0.353 e. The zero-order valence-corrected chi connectivity index (χ0v) is 12.1. The summed E-state index contributed by atoms with van der Waals surface area (Å²) in [6, 6.07) is 0. The maximum absolute atomic E-state index is 5.95. The number of aromatic nitrogens is 3. The number of nitrogens with one attached hydrogen (secondary N) is 1. The summed E-state index contributed by atoms with van der Waals surface area (Å²) >= 11 is 7.73. The van der Waals surface area contributed by atoms with Crippen LogP contribution in [0.5, 0.6) is 0 Å². The van der Waals surface area contributed by atoms with E-state index in [-0.39, 0.29) is 5.28 Å². The van der Waals surface area contributed by atoms with Crippen molar-refractivity contribution in [3.05, 3.63) is 5.28 Å². The molecule has 1 saturated heterocycles. The molecular formula is C11H18ClN5S. The normalized spacial score (nSPS) is 15.8. The second kappa shape index (κ2) is 6.99. The lowest BCUT2D eigenvalue weighted by atomic mass is 10.1. The molecule has 0 spiro atoms. The minimum atomic E-state index is 0.261. The molecule has 5 nitrogen and oxygen atoms in total. The molecule has 0 atom stereocenters. The smallest absolute Gasteiger partial charge is 0.231 e. The van der Waals surface area contributed by atoms with E-state index in [0.717, 1.165) is 25.4 Å². The molecule has 1 fully saturated rings. The average Bonchev–Trinajstić information content (AvgIpc) is 2.39. The molecule has 0 bridgehead atoms. The average molecular weight is 288 g/mol. The molecule has 100 valence electrons. The molecule has 0 radical (unpaired) electrons. The first-order valence-electron chi connectivity index (χ1n) is 6.19. The van der Waals surface area contributed by atoms with Crippen molar-refractivity contribution in [1.29, 1.82) is 0 Å². The maximum Gasteiger partial charge on any atom is 0.231 e. The summed E-state index contributed by atoms with van der Waals surface area (Å²) in [5, 5.41) is 3.43. The summed E-state index contributed by atoms with van der Waals surface area (Å²) in [7, 11) is 0. The van der Waals surface area contributed by atoms with E-state index in [1.54, 1.807) is 11.8 Å². The lowest BCUT2D eigenvalue weighted by Crippen LogP contribution is -2.31. The van der Waals surface area contributed by atoms with Crippen LogP contribution in [-0.2, 0) is 0 Å². The lowest BCUT2D eigenvalue weighted by Gasteiger charge is -2.26. The molecule has 1 N–H and O–H groups in total. The van der Waals surface area contributed by atoms with E-state index in [1.165, 1.54) is 19.3 Å². The van der Waals surface area contributed by atoms with Crippen LogP contribution in [0, 0.1) is 0 Å². The second-order valence-corrected chi connectivity index (χ2v) is 5.52. The van der Waals surface area contributed by atoms with Crippen LogP contribution < -0.4 is 10.2 Å². The van der Waals surface area contributed by atoms with Gasteiger partial charge in [0.1, 0.15) is 0 Å². The van der Waals surface area contributed by atoms with Crippen molar-refractivity contribution in [2.24, 2.45) is 0 Å². The number of hydrogen-bond donors (Lipinski definition) is 1. The van der Waals surface area contributed by atoms with E-state index in [2.05, 4.69) is 31.4 Å². The molecule has 1 aromatic heterocycles. The Morgan fingerprint density at radius 3 is 2.72 bits per heavy atom. The Morgan fingerprint density at radius 2 is 2.00 bits per heavy atom. The Hall–Kier alpha value is -0.750. The van der Waals surface area contributed by atoms with E-state index in [9.17, 15) is 0 Å². The number of nitrogens with zero attached hydrogens (tertiary/aromatic N) is 4. The monoisotopic (exact) mass is 287 g/mol. The quantitative estimate of drug-likeness (QED) is 0.839. The third-order valence-electron chi connectivity index (χ3n) is 2.82. The van der Waals surface area contributed by atoms with E-state index >= 15 is 0 Å². The van der Waals surface area contributed by atoms with Gasteiger partial charge in [0.25, 0.3) is 0 Å². The predicted octanol–water partition coefficient (Wildman–Crippen LogP) is 2.29. The van der Waals surface area contributed by atoms with Gasteiger partial charge in [0.05, 0.1) is 0 Å². The van der Waals surface area contributed by atoms with Crippen LogP contribution >= 0.6 is 23.4 Å². The summed E-state index contributed by atoms with van der Waals surface area (Å²) in [6.07, 6.45) is 5.74. The first-order chi connectivity index (χ1) is 8.79. The van der Waals surface area contributed by atoms with Crippen LogP contribution in [0.3, 0.4) is 0 Å². The summed E-state index contributed by atoms with van der Waals surface area (Å²) in [6.45, 7) is 2.84. The van der Waals surface area contributed by atoms with Crippen LogP contribution in [0.1, 0.15) is 19.3 Å².